The van der Waals surface area contributed by atoms with Crippen LogP contribution < -0.4 is 4.74 Å². The molecule has 140 valence electrons. The van der Waals surface area contributed by atoms with Gasteiger partial charge in [-0.25, -0.2) is 4.79 Å². The number of carbonyl (C=O) groups is 3. The molecule has 1 saturated heterocycles. The zero-order valence-corrected chi connectivity index (χ0v) is 15.7. The van der Waals surface area contributed by atoms with Crippen LogP contribution in [0.5, 0.6) is 5.75 Å². The molecule has 0 aromatic heterocycles. The summed E-state index contributed by atoms with van der Waals surface area (Å²) < 4.78 is 5.60. The molecule has 7 atom stereocenters. The topological polar surface area (TPSA) is 63.7 Å². The number of hydrogen-bond acceptors (Lipinski definition) is 4. The van der Waals surface area contributed by atoms with Crippen LogP contribution in [0.2, 0.25) is 0 Å². The second-order valence-electron chi connectivity index (χ2n) is 8.52. The summed E-state index contributed by atoms with van der Waals surface area (Å²) in [5.74, 6) is 0.415. The van der Waals surface area contributed by atoms with Gasteiger partial charge in [0, 0.05) is 0 Å². The molecule has 0 spiro atoms. The lowest BCUT2D eigenvalue weighted by Gasteiger charge is -2.37. The van der Waals surface area contributed by atoms with Crippen LogP contribution in [0.25, 0.3) is 0 Å². The fourth-order valence-electron chi connectivity index (χ4n) is 5.61. The lowest BCUT2D eigenvalue weighted by Crippen LogP contribution is -2.45. The minimum atomic E-state index is -0.912. The normalized spacial score (nSPS) is 36.5. The van der Waals surface area contributed by atoms with E-state index < -0.39 is 12.0 Å². The first-order chi connectivity index (χ1) is 12.9. The van der Waals surface area contributed by atoms with E-state index in [2.05, 4.69) is 12.2 Å². The fourth-order valence-corrected chi connectivity index (χ4v) is 5.61. The van der Waals surface area contributed by atoms with Gasteiger partial charge >= 0.3 is 5.97 Å². The van der Waals surface area contributed by atoms with Crippen LogP contribution in [0.3, 0.4) is 0 Å². The Labute approximate surface area is 158 Å². The maximum atomic E-state index is 13.1. The summed E-state index contributed by atoms with van der Waals surface area (Å²) in [5, 5.41) is 0. The largest absolute Gasteiger partial charge is 0.424 e. The van der Waals surface area contributed by atoms with Crippen molar-refractivity contribution in [2.45, 2.75) is 33.2 Å². The van der Waals surface area contributed by atoms with Gasteiger partial charge in [-0.2, -0.15) is 0 Å². The summed E-state index contributed by atoms with van der Waals surface area (Å²) >= 11 is 0. The number of nitrogens with zero attached hydrogens (tertiary/aromatic N) is 1. The van der Waals surface area contributed by atoms with Crippen molar-refractivity contribution in [1.82, 2.24) is 4.90 Å². The molecule has 1 aromatic carbocycles. The van der Waals surface area contributed by atoms with Crippen LogP contribution in [-0.4, -0.2) is 28.7 Å². The van der Waals surface area contributed by atoms with Crippen LogP contribution >= 0.6 is 0 Å². The SMILES string of the molecule is Cc1cccc(C)c1OC(=O)[C@H](C)N1C(=O)[C@@H]2[C@H]3C=C[C@@H]([C@@H]4C[C@@H]34)[C@H]2C1=O. The number of likely N-dealkylation sites (tertiary alicyclic amines) is 1. The molecule has 0 unspecified atom stereocenters. The summed E-state index contributed by atoms with van der Waals surface area (Å²) in [6.45, 7) is 5.34. The number of amides is 2. The van der Waals surface area contributed by atoms with Crippen molar-refractivity contribution in [1.29, 1.82) is 0 Å². The third-order valence-corrected chi connectivity index (χ3v) is 7.04. The maximum absolute atomic E-state index is 13.1. The molecule has 5 nitrogen and oxygen atoms in total. The minimum absolute atomic E-state index is 0.160. The number of hydrogen-bond donors (Lipinski definition) is 0. The van der Waals surface area contributed by atoms with Crippen LogP contribution in [0.1, 0.15) is 24.5 Å². The first-order valence-electron chi connectivity index (χ1n) is 9.73. The molecular formula is C22H23NO4. The Kier molecular flexibility index (Phi) is 3.43. The molecule has 0 radical (unpaired) electrons. The number of esters is 1. The monoisotopic (exact) mass is 365 g/mol. The van der Waals surface area contributed by atoms with E-state index in [4.69, 9.17) is 4.74 Å². The smallest absolute Gasteiger partial charge is 0.334 e. The van der Waals surface area contributed by atoms with E-state index in [1.54, 1.807) is 6.92 Å². The van der Waals surface area contributed by atoms with Gasteiger partial charge < -0.3 is 4.74 Å². The molecule has 1 heterocycles. The highest BCUT2D eigenvalue weighted by Gasteiger charge is 2.67. The number of carbonyl (C=O) groups excluding carboxylic acids is 3. The van der Waals surface area contributed by atoms with Gasteiger partial charge in [0.05, 0.1) is 11.8 Å². The van der Waals surface area contributed by atoms with Gasteiger partial charge in [-0.15, -0.1) is 0 Å². The molecule has 1 aromatic rings. The number of rotatable bonds is 3. The minimum Gasteiger partial charge on any atom is -0.424 e. The van der Waals surface area contributed by atoms with Crippen molar-refractivity contribution in [2.24, 2.45) is 35.5 Å². The maximum Gasteiger partial charge on any atom is 0.334 e. The molecule has 5 aliphatic rings. The van der Waals surface area contributed by atoms with Crippen molar-refractivity contribution < 1.29 is 19.1 Å². The van der Waals surface area contributed by atoms with Gasteiger partial charge in [0.15, 0.2) is 0 Å². The Hall–Kier alpha value is -2.43. The van der Waals surface area contributed by atoms with E-state index in [9.17, 15) is 14.4 Å². The van der Waals surface area contributed by atoms with E-state index in [0.717, 1.165) is 17.5 Å². The summed E-state index contributed by atoms with van der Waals surface area (Å²) in [6.07, 6.45) is 5.39. The number of benzene rings is 1. The Bertz CT molecular complexity index is 847. The first-order valence-corrected chi connectivity index (χ1v) is 9.73. The molecule has 3 fully saturated rings. The number of allylic oxidation sites excluding steroid dienone is 2. The Morgan fingerprint density at radius 3 is 2.07 bits per heavy atom. The van der Waals surface area contributed by atoms with E-state index in [1.807, 2.05) is 32.0 Å². The molecule has 4 aliphatic carbocycles. The van der Waals surface area contributed by atoms with Crippen molar-refractivity contribution >= 4 is 17.8 Å². The van der Waals surface area contributed by atoms with E-state index in [-0.39, 0.29) is 35.5 Å². The molecule has 1 aliphatic heterocycles. The summed E-state index contributed by atoms with van der Waals surface area (Å²) in [4.78, 5) is 40.2. The predicted molar refractivity (Wildman–Crippen MR) is 97.6 cm³/mol. The lowest BCUT2D eigenvalue weighted by atomic mass is 9.63. The molecule has 27 heavy (non-hydrogen) atoms. The Balaban J connectivity index is 1.40. The number of para-hydroxylation sites is 1. The van der Waals surface area contributed by atoms with Crippen molar-refractivity contribution in [3.63, 3.8) is 0 Å². The predicted octanol–water partition coefficient (Wildman–Crippen LogP) is 2.65. The molecule has 2 saturated carbocycles. The van der Waals surface area contributed by atoms with Gasteiger partial charge in [0.25, 0.3) is 0 Å². The fraction of sp³-hybridized carbons (Fsp3) is 0.500. The van der Waals surface area contributed by atoms with Gasteiger partial charge in [-0.1, -0.05) is 30.4 Å². The first kappa shape index (κ1) is 16.7. The van der Waals surface area contributed by atoms with E-state index in [0.29, 0.717) is 17.6 Å². The molecular weight excluding hydrogens is 342 g/mol. The number of imide groups is 1. The Morgan fingerprint density at radius 2 is 1.56 bits per heavy atom. The average Bonchev–Trinajstić information content (AvgIpc) is 3.42. The highest BCUT2D eigenvalue weighted by atomic mass is 16.5. The summed E-state index contributed by atoms with van der Waals surface area (Å²) in [7, 11) is 0. The molecule has 0 N–H and O–H groups in total. The van der Waals surface area contributed by atoms with Crippen LogP contribution in [0.4, 0.5) is 0 Å². The van der Waals surface area contributed by atoms with Gasteiger partial charge in [-0.05, 0) is 62.0 Å². The number of aryl methyl sites for hydroxylation is 2. The van der Waals surface area contributed by atoms with Crippen molar-refractivity contribution in [3.8, 4) is 5.75 Å². The quantitative estimate of drug-likeness (QED) is 0.358. The molecule has 5 heteroatoms. The third-order valence-electron chi connectivity index (χ3n) is 7.04. The Morgan fingerprint density at radius 1 is 1.04 bits per heavy atom. The van der Waals surface area contributed by atoms with Crippen LogP contribution in [0.15, 0.2) is 30.4 Å². The highest BCUT2D eigenvalue weighted by Crippen LogP contribution is 2.65. The zero-order valence-electron chi connectivity index (χ0n) is 15.7. The second kappa shape index (κ2) is 5.54. The third kappa shape index (κ3) is 2.20. The average molecular weight is 365 g/mol. The molecule has 2 amide bonds. The molecule has 2 bridgehead atoms. The van der Waals surface area contributed by atoms with Crippen LogP contribution in [0, 0.1) is 49.4 Å². The van der Waals surface area contributed by atoms with Gasteiger partial charge in [0.2, 0.25) is 11.8 Å². The van der Waals surface area contributed by atoms with E-state index >= 15 is 0 Å². The van der Waals surface area contributed by atoms with Gasteiger partial charge in [-0.3, -0.25) is 14.5 Å². The highest BCUT2D eigenvalue weighted by molar-refractivity contribution is 6.08. The summed E-state index contributed by atoms with van der Waals surface area (Å²) in [5.41, 5.74) is 1.70. The zero-order chi connectivity index (χ0) is 19.0. The van der Waals surface area contributed by atoms with Crippen LogP contribution in [-0.2, 0) is 14.4 Å². The molecule has 6 rings (SSSR count). The van der Waals surface area contributed by atoms with Gasteiger partial charge in [0.1, 0.15) is 11.8 Å². The van der Waals surface area contributed by atoms with Crippen molar-refractivity contribution in [3.05, 3.63) is 41.5 Å². The van der Waals surface area contributed by atoms with Crippen molar-refractivity contribution in [2.75, 3.05) is 0 Å². The van der Waals surface area contributed by atoms with E-state index in [1.165, 1.54) is 4.90 Å². The summed E-state index contributed by atoms with van der Waals surface area (Å²) in [6, 6.07) is 4.73. The lowest BCUT2D eigenvalue weighted by molar-refractivity contribution is -0.152. The number of ether oxygens (including phenoxy) is 1. The second-order valence-corrected chi connectivity index (χ2v) is 8.52. The standard InChI is InChI=1S/C22H23NO4/c1-10-5-4-6-11(2)19(10)27-22(26)12(3)23-20(24)17-13-7-8-14(16-9-15(13)16)18(17)21(23)25/h4-8,12-18H,9H2,1-3H3/t12-,13-,14-,15-,16-,17+,18+/m0/s1.